The number of benzene rings is 2. The monoisotopic (exact) mass is 266 g/mol. The van der Waals surface area contributed by atoms with E-state index in [1.54, 1.807) is 0 Å². The zero-order valence-electron chi connectivity index (χ0n) is 11.8. The predicted molar refractivity (Wildman–Crippen MR) is 82.7 cm³/mol. The van der Waals surface area contributed by atoms with E-state index >= 15 is 0 Å². The summed E-state index contributed by atoms with van der Waals surface area (Å²) in [7, 11) is 0. The Morgan fingerprint density at radius 1 is 1.15 bits per heavy atom. The summed E-state index contributed by atoms with van der Waals surface area (Å²) in [6.45, 7) is 5.11. The number of carbonyl (C=O) groups excluding carboxylic acids is 1. The van der Waals surface area contributed by atoms with Gasteiger partial charge in [0.05, 0.1) is 6.04 Å². The first-order chi connectivity index (χ1) is 9.76. The molecule has 102 valence electrons. The molecule has 1 N–H and O–H groups in total. The first kappa shape index (κ1) is 12.7. The maximum absolute atomic E-state index is 10.6. The number of amides is 1. The van der Waals surface area contributed by atoms with Gasteiger partial charge in [0, 0.05) is 28.4 Å². The van der Waals surface area contributed by atoms with Gasteiger partial charge in [0.1, 0.15) is 0 Å². The highest BCUT2D eigenvalue weighted by Crippen LogP contribution is 2.30. The molecule has 20 heavy (non-hydrogen) atoms. The molecule has 3 nitrogen and oxygen atoms in total. The molecular formula is C17H18N2O. The average molecular weight is 266 g/mol. The molecule has 0 aliphatic heterocycles. The van der Waals surface area contributed by atoms with Gasteiger partial charge in [-0.15, -0.1) is 0 Å². The minimum Gasteiger partial charge on any atom is -0.352 e. The number of nitrogens with one attached hydrogen (secondary N) is 1. The van der Waals surface area contributed by atoms with Crippen LogP contribution >= 0.6 is 0 Å². The normalized spacial score (nSPS) is 12.7. The summed E-state index contributed by atoms with van der Waals surface area (Å²) in [5, 5.41) is 5.33. The highest BCUT2D eigenvalue weighted by molar-refractivity contribution is 6.08. The van der Waals surface area contributed by atoms with Gasteiger partial charge in [0.15, 0.2) is 0 Å². The molecule has 3 heteroatoms. The molecule has 3 rings (SSSR count). The van der Waals surface area contributed by atoms with E-state index in [4.69, 9.17) is 0 Å². The van der Waals surface area contributed by atoms with Crippen LogP contribution in [0.15, 0.2) is 42.5 Å². The van der Waals surface area contributed by atoms with Crippen molar-refractivity contribution in [1.82, 2.24) is 9.88 Å². The Morgan fingerprint density at radius 3 is 2.65 bits per heavy atom. The van der Waals surface area contributed by atoms with Crippen LogP contribution in [0.5, 0.6) is 0 Å². The van der Waals surface area contributed by atoms with Gasteiger partial charge in [-0.2, -0.15) is 0 Å². The second-order valence-electron chi connectivity index (χ2n) is 5.04. The van der Waals surface area contributed by atoms with Crippen molar-refractivity contribution in [2.75, 3.05) is 0 Å². The summed E-state index contributed by atoms with van der Waals surface area (Å²) in [5.41, 5.74) is 3.64. The SMILES string of the molecule is CCn1c2ccccc2c2cc([C@@H](C)NC=O)ccc21. The molecule has 1 heterocycles. The second-order valence-corrected chi connectivity index (χ2v) is 5.04. The fourth-order valence-electron chi connectivity index (χ4n) is 2.88. The van der Waals surface area contributed by atoms with E-state index in [1.165, 1.54) is 21.8 Å². The zero-order valence-corrected chi connectivity index (χ0v) is 11.8. The van der Waals surface area contributed by atoms with E-state index in [9.17, 15) is 4.79 Å². The molecule has 0 bridgehead atoms. The Balaban J connectivity index is 2.28. The molecule has 0 saturated carbocycles. The molecule has 1 aromatic heterocycles. The van der Waals surface area contributed by atoms with Gasteiger partial charge in [-0.05, 0) is 37.6 Å². The Hall–Kier alpha value is -2.29. The minimum absolute atomic E-state index is 0.0284. The molecule has 2 aromatic carbocycles. The lowest BCUT2D eigenvalue weighted by Gasteiger charge is -2.11. The molecule has 1 atom stereocenters. The number of aryl methyl sites for hydroxylation is 1. The summed E-state index contributed by atoms with van der Waals surface area (Å²) in [6, 6.07) is 14.9. The van der Waals surface area contributed by atoms with Gasteiger partial charge >= 0.3 is 0 Å². The largest absolute Gasteiger partial charge is 0.352 e. The Labute approximate surface area is 118 Å². The van der Waals surface area contributed by atoms with Crippen LogP contribution in [0.25, 0.3) is 21.8 Å². The van der Waals surface area contributed by atoms with Crippen LogP contribution in [-0.4, -0.2) is 11.0 Å². The van der Waals surface area contributed by atoms with Gasteiger partial charge in [-0.1, -0.05) is 24.3 Å². The minimum atomic E-state index is 0.0284. The Bertz CT molecular complexity index is 773. The highest BCUT2D eigenvalue weighted by Gasteiger charge is 2.11. The molecule has 3 aromatic rings. The summed E-state index contributed by atoms with van der Waals surface area (Å²) >= 11 is 0. The number of carbonyl (C=O) groups is 1. The highest BCUT2D eigenvalue weighted by atomic mass is 16.1. The second kappa shape index (κ2) is 5.00. The van der Waals surface area contributed by atoms with E-state index in [0.29, 0.717) is 0 Å². The Kier molecular flexibility index (Phi) is 3.18. The van der Waals surface area contributed by atoms with Crippen LogP contribution in [-0.2, 0) is 11.3 Å². The number of rotatable bonds is 4. The van der Waals surface area contributed by atoms with Crippen molar-refractivity contribution in [3.63, 3.8) is 0 Å². The quantitative estimate of drug-likeness (QED) is 0.719. The summed E-state index contributed by atoms with van der Waals surface area (Å²) < 4.78 is 2.33. The van der Waals surface area contributed by atoms with E-state index in [2.05, 4.69) is 59.3 Å². The van der Waals surface area contributed by atoms with E-state index in [1.807, 2.05) is 6.92 Å². The zero-order chi connectivity index (χ0) is 14.1. The van der Waals surface area contributed by atoms with Crippen LogP contribution in [0.4, 0.5) is 0 Å². The number of hydrogen-bond acceptors (Lipinski definition) is 1. The first-order valence-electron chi connectivity index (χ1n) is 6.97. The summed E-state index contributed by atoms with van der Waals surface area (Å²) in [6.07, 6.45) is 0.754. The number of fused-ring (bicyclic) bond motifs is 3. The van der Waals surface area contributed by atoms with Crippen LogP contribution in [0.2, 0.25) is 0 Å². The smallest absolute Gasteiger partial charge is 0.207 e. The molecule has 1 amide bonds. The van der Waals surface area contributed by atoms with Crippen molar-refractivity contribution >= 4 is 28.2 Å². The molecular weight excluding hydrogens is 248 g/mol. The fraction of sp³-hybridized carbons (Fsp3) is 0.235. The van der Waals surface area contributed by atoms with Crippen molar-refractivity contribution < 1.29 is 4.79 Å². The van der Waals surface area contributed by atoms with Crippen LogP contribution in [0, 0.1) is 0 Å². The number of aromatic nitrogens is 1. The molecule has 0 aliphatic carbocycles. The van der Waals surface area contributed by atoms with Gasteiger partial charge in [0.2, 0.25) is 6.41 Å². The van der Waals surface area contributed by atoms with E-state index < -0.39 is 0 Å². The maximum Gasteiger partial charge on any atom is 0.207 e. The topological polar surface area (TPSA) is 34.0 Å². The number of nitrogens with zero attached hydrogens (tertiary/aromatic N) is 1. The van der Waals surface area contributed by atoms with Crippen molar-refractivity contribution in [3.8, 4) is 0 Å². The standard InChI is InChI=1S/C17H18N2O/c1-3-19-16-7-5-4-6-14(16)15-10-13(8-9-17(15)19)12(2)18-11-20/h4-12H,3H2,1-2H3,(H,18,20)/t12-/m1/s1. The summed E-state index contributed by atoms with van der Waals surface area (Å²) in [4.78, 5) is 10.6. The lowest BCUT2D eigenvalue weighted by Crippen LogP contribution is -2.15. The molecule has 0 aliphatic rings. The van der Waals surface area contributed by atoms with Crippen LogP contribution < -0.4 is 5.32 Å². The molecule has 0 spiro atoms. The van der Waals surface area contributed by atoms with Gasteiger partial charge in [0.25, 0.3) is 0 Å². The third-order valence-corrected chi connectivity index (χ3v) is 3.93. The fourth-order valence-corrected chi connectivity index (χ4v) is 2.88. The Morgan fingerprint density at radius 2 is 1.90 bits per heavy atom. The van der Waals surface area contributed by atoms with E-state index in [-0.39, 0.29) is 6.04 Å². The predicted octanol–water partition coefficient (Wildman–Crippen LogP) is 3.62. The van der Waals surface area contributed by atoms with Crippen LogP contribution in [0.3, 0.4) is 0 Å². The third-order valence-electron chi connectivity index (χ3n) is 3.93. The molecule has 0 unspecified atom stereocenters. The molecule has 0 saturated heterocycles. The molecule has 0 radical (unpaired) electrons. The van der Waals surface area contributed by atoms with Crippen molar-refractivity contribution in [2.45, 2.75) is 26.4 Å². The third kappa shape index (κ3) is 1.86. The van der Waals surface area contributed by atoms with Crippen molar-refractivity contribution in [3.05, 3.63) is 48.0 Å². The van der Waals surface area contributed by atoms with Crippen molar-refractivity contribution in [2.24, 2.45) is 0 Å². The lowest BCUT2D eigenvalue weighted by atomic mass is 10.0. The number of para-hydroxylation sites is 1. The van der Waals surface area contributed by atoms with Gasteiger partial charge < -0.3 is 9.88 Å². The summed E-state index contributed by atoms with van der Waals surface area (Å²) in [5.74, 6) is 0. The van der Waals surface area contributed by atoms with Crippen LogP contribution in [0.1, 0.15) is 25.5 Å². The maximum atomic E-state index is 10.6. The first-order valence-corrected chi connectivity index (χ1v) is 6.97. The van der Waals surface area contributed by atoms with E-state index in [0.717, 1.165) is 18.5 Å². The lowest BCUT2D eigenvalue weighted by molar-refractivity contribution is -0.110. The average Bonchev–Trinajstić information content (AvgIpc) is 2.80. The molecule has 0 fully saturated rings. The van der Waals surface area contributed by atoms with Gasteiger partial charge in [-0.25, -0.2) is 0 Å². The number of hydrogen-bond donors (Lipinski definition) is 1. The van der Waals surface area contributed by atoms with Crippen molar-refractivity contribution in [1.29, 1.82) is 0 Å². The van der Waals surface area contributed by atoms with Gasteiger partial charge in [-0.3, -0.25) is 4.79 Å².